The molecule has 0 fully saturated rings. The number of halogens is 2. The maximum absolute atomic E-state index is 13.4. The summed E-state index contributed by atoms with van der Waals surface area (Å²) >= 11 is 6.40. The topological polar surface area (TPSA) is 98.5 Å². The first-order valence-electron chi connectivity index (χ1n) is 10.4. The number of aromatic carboxylic acids is 1. The minimum Gasteiger partial charge on any atom is -0.487 e. The van der Waals surface area contributed by atoms with E-state index >= 15 is 0 Å². The van der Waals surface area contributed by atoms with Gasteiger partial charge in [-0.25, -0.2) is 9.18 Å². The standard InChI is InChI=1S/C24H22ClFN4O4/c1-14-21-19(30(8-9-33-2)22(14)24(31)32)12-27-29-23(21)28-17-6-7-20(18(25)11-17)34-13-15-4-3-5-16(26)10-15/h3-7,10-12H,8-9,13H2,1-2H3,(H,28,29)(H,31,32). The van der Waals surface area contributed by atoms with Gasteiger partial charge in [0.1, 0.15) is 23.9 Å². The zero-order valence-electron chi connectivity index (χ0n) is 18.5. The number of fused-ring (bicyclic) bond motifs is 1. The smallest absolute Gasteiger partial charge is 0.352 e. The Hall–Kier alpha value is -3.69. The van der Waals surface area contributed by atoms with Gasteiger partial charge in [0.15, 0.2) is 5.82 Å². The molecule has 0 amide bonds. The van der Waals surface area contributed by atoms with Gasteiger partial charge < -0.3 is 24.5 Å². The summed E-state index contributed by atoms with van der Waals surface area (Å²) in [6, 6.07) is 11.3. The number of carboxylic acids is 1. The highest BCUT2D eigenvalue weighted by Crippen LogP contribution is 2.34. The number of carbonyl (C=O) groups is 1. The SMILES string of the molecule is COCCn1c(C(=O)O)c(C)c2c(Nc3ccc(OCc4cccc(F)c4)c(Cl)c3)nncc21. The number of nitrogens with zero attached hydrogens (tertiary/aromatic N) is 3. The predicted octanol–water partition coefficient (Wildman–Crippen LogP) is 5.20. The van der Waals surface area contributed by atoms with E-state index in [1.165, 1.54) is 18.3 Å². The van der Waals surface area contributed by atoms with Gasteiger partial charge in [-0.1, -0.05) is 23.7 Å². The molecular formula is C24H22ClFN4O4. The molecule has 8 nitrogen and oxygen atoms in total. The van der Waals surface area contributed by atoms with Crippen molar-refractivity contribution in [2.24, 2.45) is 0 Å². The van der Waals surface area contributed by atoms with E-state index in [0.717, 1.165) is 0 Å². The minimum atomic E-state index is -1.04. The number of hydrogen-bond donors (Lipinski definition) is 2. The average molecular weight is 485 g/mol. The molecular weight excluding hydrogens is 463 g/mol. The number of aryl methyl sites for hydroxylation is 1. The number of rotatable bonds is 9. The first-order valence-corrected chi connectivity index (χ1v) is 10.8. The third kappa shape index (κ3) is 4.80. The van der Waals surface area contributed by atoms with Gasteiger partial charge in [0, 0.05) is 24.7 Å². The molecule has 10 heteroatoms. The van der Waals surface area contributed by atoms with Crippen LogP contribution < -0.4 is 10.1 Å². The van der Waals surface area contributed by atoms with Crippen LogP contribution in [-0.2, 0) is 17.9 Å². The van der Waals surface area contributed by atoms with Crippen molar-refractivity contribution in [3.8, 4) is 5.75 Å². The molecule has 0 bridgehead atoms. The van der Waals surface area contributed by atoms with Crippen LogP contribution in [0.2, 0.25) is 5.02 Å². The Morgan fingerprint density at radius 3 is 2.79 bits per heavy atom. The highest BCUT2D eigenvalue weighted by atomic mass is 35.5. The van der Waals surface area contributed by atoms with Crippen molar-refractivity contribution < 1.29 is 23.8 Å². The summed E-state index contributed by atoms with van der Waals surface area (Å²) in [6.07, 6.45) is 1.53. The van der Waals surface area contributed by atoms with Crippen LogP contribution in [0.5, 0.6) is 5.75 Å². The first-order chi connectivity index (χ1) is 16.4. The molecule has 0 aliphatic carbocycles. The molecule has 2 heterocycles. The van der Waals surface area contributed by atoms with Crippen LogP contribution in [0.25, 0.3) is 10.9 Å². The number of ether oxygens (including phenoxy) is 2. The second-order valence-corrected chi connectivity index (χ2v) is 7.97. The fourth-order valence-electron chi connectivity index (χ4n) is 3.79. The number of aromatic nitrogens is 3. The number of nitrogens with one attached hydrogen (secondary N) is 1. The number of methoxy groups -OCH3 is 1. The fraction of sp³-hybridized carbons (Fsp3) is 0.208. The van der Waals surface area contributed by atoms with Crippen LogP contribution in [0, 0.1) is 12.7 Å². The lowest BCUT2D eigenvalue weighted by molar-refractivity contribution is 0.0682. The summed E-state index contributed by atoms with van der Waals surface area (Å²) in [6.45, 7) is 2.61. The molecule has 4 rings (SSSR count). The van der Waals surface area contributed by atoms with Crippen LogP contribution >= 0.6 is 11.6 Å². The molecule has 2 aromatic heterocycles. The van der Waals surface area contributed by atoms with Gasteiger partial charge in [-0.15, -0.1) is 5.10 Å². The van der Waals surface area contributed by atoms with Gasteiger partial charge in [-0.2, -0.15) is 5.10 Å². The molecule has 176 valence electrons. The van der Waals surface area contributed by atoms with Crippen molar-refractivity contribution in [2.45, 2.75) is 20.1 Å². The molecule has 2 aromatic carbocycles. The summed E-state index contributed by atoms with van der Waals surface area (Å²) < 4.78 is 25.9. The Morgan fingerprint density at radius 1 is 1.26 bits per heavy atom. The van der Waals surface area contributed by atoms with Crippen LogP contribution in [0.3, 0.4) is 0 Å². The zero-order valence-corrected chi connectivity index (χ0v) is 19.3. The van der Waals surface area contributed by atoms with E-state index in [1.807, 2.05) is 0 Å². The average Bonchev–Trinajstić information content (AvgIpc) is 3.10. The van der Waals surface area contributed by atoms with E-state index < -0.39 is 5.97 Å². The van der Waals surface area contributed by atoms with Crippen molar-refractivity contribution in [3.05, 3.63) is 76.3 Å². The van der Waals surface area contributed by atoms with E-state index in [4.69, 9.17) is 21.1 Å². The van der Waals surface area contributed by atoms with Gasteiger partial charge >= 0.3 is 5.97 Å². The Balaban J connectivity index is 1.61. The largest absolute Gasteiger partial charge is 0.487 e. The van der Waals surface area contributed by atoms with Gasteiger partial charge in [0.05, 0.1) is 23.3 Å². The molecule has 34 heavy (non-hydrogen) atoms. The van der Waals surface area contributed by atoms with Crippen LogP contribution in [0.15, 0.2) is 48.7 Å². The summed E-state index contributed by atoms with van der Waals surface area (Å²) in [5.41, 5.74) is 2.65. The predicted molar refractivity (Wildman–Crippen MR) is 127 cm³/mol. The molecule has 4 aromatic rings. The first kappa shape index (κ1) is 23.5. The van der Waals surface area contributed by atoms with Gasteiger partial charge in [-0.3, -0.25) is 0 Å². The molecule has 0 aliphatic heterocycles. The molecule has 0 spiro atoms. The van der Waals surface area contributed by atoms with Crippen molar-refractivity contribution in [1.29, 1.82) is 0 Å². The Morgan fingerprint density at radius 2 is 2.09 bits per heavy atom. The normalized spacial score (nSPS) is 11.1. The second-order valence-electron chi connectivity index (χ2n) is 7.57. The Kier molecular flexibility index (Phi) is 6.95. The number of benzene rings is 2. The summed E-state index contributed by atoms with van der Waals surface area (Å²) in [5, 5.41) is 22.2. The number of hydrogen-bond acceptors (Lipinski definition) is 6. The van der Waals surface area contributed by atoms with Gasteiger partial charge in [0.2, 0.25) is 0 Å². The Labute approximate surface area is 199 Å². The highest BCUT2D eigenvalue weighted by Gasteiger charge is 2.23. The lowest BCUT2D eigenvalue weighted by atomic mass is 10.2. The maximum atomic E-state index is 13.4. The highest BCUT2D eigenvalue weighted by molar-refractivity contribution is 6.32. The lowest BCUT2D eigenvalue weighted by Crippen LogP contribution is -2.12. The van der Waals surface area contributed by atoms with Crippen LogP contribution in [-0.4, -0.2) is 39.6 Å². The van der Waals surface area contributed by atoms with E-state index in [2.05, 4.69) is 15.5 Å². The minimum absolute atomic E-state index is 0.157. The molecule has 0 saturated heterocycles. The summed E-state index contributed by atoms with van der Waals surface area (Å²) in [7, 11) is 1.56. The molecule has 0 unspecified atom stereocenters. The zero-order chi connectivity index (χ0) is 24.2. The summed E-state index contributed by atoms with van der Waals surface area (Å²) in [5.74, 6) is -0.535. The third-order valence-electron chi connectivity index (χ3n) is 5.32. The molecule has 0 radical (unpaired) electrons. The fourth-order valence-corrected chi connectivity index (χ4v) is 4.03. The van der Waals surface area contributed by atoms with Crippen molar-refractivity contribution in [1.82, 2.24) is 14.8 Å². The van der Waals surface area contributed by atoms with Crippen molar-refractivity contribution in [3.63, 3.8) is 0 Å². The number of carboxylic acid groups (broad SMARTS) is 1. The summed E-state index contributed by atoms with van der Waals surface area (Å²) in [4.78, 5) is 11.9. The van der Waals surface area contributed by atoms with E-state index in [-0.39, 0.29) is 18.1 Å². The van der Waals surface area contributed by atoms with Gasteiger partial charge in [0.25, 0.3) is 0 Å². The lowest BCUT2D eigenvalue weighted by Gasteiger charge is -2.11. The molecule has 0 aliphatic rings. The molecule has 0 atom stereocenters. The second kappa shape index (κ2) is 10.1. The van der Waals surface area contributed by atoms with Crippen LogP contribution in [0.1, 0.15) is 21.6 Å². The molecule has 0 saturated carbocycles. The van der Waals surface area contributed by atoms with E-state index in [9.17, 15) is 14.3 Å². The Bertz CT molecular complexity index is 1360. The van der Waals surface area contributed by atoms with Crippen LogP contribution in [0.4, 0.5) is 15.9 Å². The quantitative estimate of drug-likeness (QED) is 0.337. The van der Waals surface area contributed by atoms with Crippen molar-refractivity contribution >= 4 is 40.0 Å². The maximum Gasteiger partial charge on any atom is 0.352 e. The van der Waals surface area contributed by atoms with E-state index in [0.29, 0.717) is 57.5 Å². The molecule has 2 N–H and O–H groups in total. The number of anilines is 2. The van der Waals surface area contributed by atoms with E-state index in [1.54, 1.807) is 48.9 Å². The van der Waals surface area contributed by atoms with Gasteiger partial charge in [-0.05, 0) is 48.4 Å². The third-order valence-corrected chi connectivity index (χ3v) is 5.62. The monoisotopic (exact) mass is 484 g/mol. The van der Waals surface area contributed by atoms with Crippen molar-refractivity contribution in [2.75, 3.05) is 19.0 Å².